The lowest BCUT2D eigenvalue weighted by atomic mass is 10.2. The van der Waals surface area contributed by atoms with Crippen LogP contribution in [0.3, 0.4) is 0 Å². The molecule has 0 radical (unpaired) electrons. The quantitative estimate of drug-likeness (QED) is 0.460. The number of thiophene rings is 1. The number of fused-ring (bicyclic) bond motifs is 2. The second-order valence-electron chi connectivity index (χ2n) is 9.35. The average Bonchev–Trinajstić information content (AvgIpc) is 3.55. The van der Waals surface area contributed by atoms with Crippen molar-refractivity contribution in [3.05, 3.63) is 28.4 Å². The third-order valence-corrected chi connectivity index (χ3v) is 7.59. The summed E-state index contributed by atoms with van der Waals surface area (Å²) in [6, 6.07) is 1.36. The molecule has 0 saturated carbocycles. The van der Waals surface area contributed by atoms with Gasteiger partial charge in [0.15, 0.2) is 5.82 Å². The van der Waals surface area contributed by atoms with Gasteiger partial charge in [-0.25, -0.2) is 9.97 Å². The fraction of sp³-hybridized carbons (Fsp3) is 0.591. The number of carbonyl (C=O) groups excluding carboxylic acids is 1. The van der Waals surface area contributed by atoms with Gasteiger partial charge < -0.3 is 14.8 Å². The molecule has 0 bridgehead atoms. The number of aryl methyl sites for hydroxylation is 1. The third-order valence-electron chi connectivity index (χ3n) is 6.50. The van der Waals surface area contributed by atoms with Gasteiger partial charge in [0.1, 0.15) is 16.5 Å². The summed E-state index contributed by atoms with van der Waals surface area (Å²) in [7, 11) is 0. The number of hydrogen-bond acceptors (Lipinski definition) is 8. The van der Waals surface area contributed by atoms with Crippen LogP contribution in [0.15, 0.2) is 6.07 Å². The Hall–Kier alpha value is -3.01. The predicted octanol–water partition coefficient (Wildman–Crippen LogP) is 3.53. The Morgan fingerprint density at radius 2 is 1.92 bits per heavy atom. The highest BCUT2D eigenvalue weighted by molar-refractivity contribution is 7.18. The zero-order valence-corrected chi connectivity index (χ0v) is 21.0. The summed E-state index contributed by atoms with van der Waals surface area (Å²) < 4.78 is 78.7. The minimum Gasteiger partial charge on any atom is -0.347 e. The van der Waals surface area contributed by atoms with E-state index >= 15 is 0 Å². The molecule has 1 N–H and O–H groups in total. The monoisotopic (exact) mass is 562 g/mol. The molecular formula is C22H24F6N8OS. The number of halogens is 6. The Morgan fingerprint density at radius 1 is 1.13 bits per heavy atom. The van der Waals surface area contributed by atoms with Gasteiger partial charge in [-0.2, -0.15) is 26.3 Å². The molecule has 9 nitrogen and oxygen atoms in total. The van der Waals surface area contributed by atoms with E-state index in [1.807, 2.05) is 21.2 Å². The first-order valence-electron chi connectivity index (χ1n) is 12.1. The molecule has 5 rings (SSSR count). The number of aromatic nitrogens is 5. The molecule has 1 atom stereocenters. The van der Waals surface area contributed by atoms with Crippen molar-refractivity contribution in [3.63, 3.8) is 0 Å². The lowest BCUT2D eigenvalue weighted by molar-refractivity contribution is -0.174. The van der Waals surface area contributed by atoms with Gasteiger partial charge in [0, 0.05) is 37.1 Å². The Kier molecular flexibility index (Phi) is 6.96. The summed E-state index contributed by atoms with van der Waals surface area (Å²) in [5.74, 6) is -1.78. The summed E-state index contributed by atoms with van der Waals surface area (Å²) >= 11 is 1.52. The van der Waals surface area contributed by atoms with Crippen LogP contribution < -0.4 is 10.2 Å². The number of alkyl halides is 6. The minimum atomic E-state index is -4.94. The number of nitrogens with zero attached hydrogens (tertiary/aromatic N) is 7. The molecule has 206 valence electrons. The first kappa shape index (κ1) is 26.6. The SMILES string of the molecule is CCCc1cc2c(N3CCn4c(nnc4C(F)(F)F)C3)nc(CN3CC[C@H](NC(=O)C(F)(F)F)C3)nc2s1. The highest BCUT2D eigenvalue weighted by atomic mass is 32.1. The van der Waals surface area contributed by atoms with E-state index in [4.69, 9.17) is 9.97 Å². The maximum absolute atomic E-state index is 13.3. The molecule has 38 heavy (non-hydrogen) atoms. The zero-order valence-electron chi connectivity index (χ0n) is 20.2. The smallest absolute Gasteiger partial charge is 0.347 e. The zero-order chi connectivity index (χ0) is 27.2. The summed E-state index contributed by atoms with van der Waals surface area (Å²) in [5, 5.41) is 9.91. The summed E-state index contributed by atoms with van der Waals surface area (Å²) in [6.45, 7) is 3.37. The highest BCUT2D eigenvalue weighted by Crippen LogP contribution is 2.35. The predicted molar refractivity (Wildman–Crippen MR) is 125 cm³/mol. The van der Waals surface area contributed by atoms with E-state index in [9.17, 15) is 31.1 Å². The molecule has 3 aromatic heterocycles. The van der Waals surface area contributed by atoms with E-state index in [0.717, 1.165) is 32.5 Å². The van der Waals surface area contributed by atoms with E-state index in [0.29, 0.717) is 24.6 Å². The van der Waals surface area contributed by atoms with Crippen molar-refractivity contribution in [2.45, 2.75) is 64.2 Å². The molecule has 2 aliphatic rings. The molecule has 2 aliphatic heterocycles. The number of anilines is 1. The van der Waals surface area contributed by atoms with E-state index in [1.165, 1.54) is 11.3 Å². The van der Waals surface area contributed by atoms with Crippen molar-refractivity contribution in [2.24, 2.45) is 0 Å². The molecule has 1 saturated heterocycles. The largest absolute Gasteiger partial charge is 0.471 e. The van der Waals surface area contributed by atoms with Gasteiger partial charge in [-0.15, -0.1) is 21.5 Å². The van der Waals surface area contributed by atoms with Crippen LogP contribution in [0, 0.1) is 0 Å². The first-order chi connectivity index (χ1) is 17.9. The summed E-state index contributed by atoms with van der Waals surface area (Å²) in [5.41, 5.74) is 0. The average molecular weight is 563 g/mol. The van der Waals surface area contributed by atoms with E-state index in [-0.39, 0.29) is 38.5 Å². The topological polar surface area (TPSA) is 92.1 Å². The van der Waals surface area contributed by atoms with Crippen LogP contribution in [0.5, 0.6) is 0 Å². The Bertz CT molecular complexity index is 1340. The highest BCUT2D eigenvalue weighted by Gasteiger charge is 2.41. The van der Waals surface area contributed by atoms with E-state index < -0.39 is 30.1 Å². The van der Waals surface area contributed by atoms with Gasteiger partial charge in [-0.05, 0) is 18.9 Å². The Morgan fingerprint density at radius 3 is 2.63 bits per heavy atom. The lowest BCUT2D eigenvalue weighted by Gasteiger charge is -2.29. The standard InChI is InChI=1S/C22H24F6N8OS/c1-2-3-13-8-14-17(35-6-7-36-16(11-35)32-33-19(36)21(23,24)25)30-15(31-18(14)38-13)10-34-5-4-12(9-34)29-20(37)22(26,27)28/h8,12H,2-7,9-11H2,1H3,(H,29,37)/t12-/m0/s1. The van der Waals surface area contributed by atoms with E-state index in [2.05, 4.69) is 17.1 Å². The van der Waals surface area contributed by atoms with Crippen LogP contribution in [-0.2, 0) is 37.0 Å². The van der Waals surface area contributed by atoms with Crippen LogP contribution in [0.1, 0.15) is 42.1 Å². The third kappa shape index (κ3) is 5.41. The van der Waals surface area contributed by atoms with E-state index in [1.54, 1.807) is 0 Å². The molecule has 5 heterocycles. The van der Waals surface area contributed by atoms with Gasteiger partial charge in [0.25, 0.3) is 0 Å². The van der Waals surface area contributed by atoms with Gasteiger partial charge in [-0.1, -0.05) is 13.3 Å². The molecule has 0 aromatic carbocycles. The second kappa shape index (κ2) is 9.94. The molecule has 3 aromatic rings. The number of hydrogen-bond donors (Lipinski definition) is 1. The van der Waals surface area contributed by atoms with Crippen molar-refractivity contribution in [1.29, 1.82) is 0 Å². The molecule has 1 fully saturated rings. The Balaban J connectivity index is 1.39. The summed E-state index contributed by atoms with van der Waals surface area (Å²) in [6.07, 6.45) is -7.41. The maximum Gasteiger partial charge on any atom is 0.471 e. The van der Waals surface area contributed by atoms with Crippen LogP contribution >= 0.6 is 11.3 Å². The number of nitrogens with one attached hydrogen (secondary N) is 1. The van der Waals surface area contributed by atoms with Crippen molar-refractivity contribution < 1.29 is 31.1 Å². The first-order valence-corrected chi connectivity index (χ1v) is 12.9. The van der Waals surface area contributed by atoms with Crippen LogP contribution in [0.4, 0.5) is 32.2 Å². The lowest BCUT2D eigenvalue weighted by Crippen LogP contribution is -2.44. The van der Waals surface area contributed by atoms with Crippen molar-refractivity contribution >= 4 is 33.3 Å². The minimum absolute atomic E-state index is 0.0384. The van der Waals surface area contributed by atoms with Crippen molar-refractivity contribution in [2.75, 3.05) is 24.5 Å². The second-order valence-corrected chi connectivity index (χ2v) is 10.5. The van der Waals surface area contributed by atoms with Crippen LogP contribution in [-0.4, -0.2) is 67.4 Å². The van der Waals surface area contributed by atoms with Crippen molar-refractivity contribution in [3.8, 4) is 0 Å². The molecule has 16 heteroatoms. The molecule has 1 amide bonds. The number of carbonyl (C=O) groups is 1. The molecule has 0 aliphatic carbocycles. The maximum atomic E-state index is 13.3. The fourth-order valence-corrected chi connectivity index (χ4v) is 5.93. The van der Waals surface area contributed by atoms with Crippen LogP contribution in [0.2, 0.25) is 0 Å². The van der Waals surface area contributed by atoms with Gasteiger partial charge >= 0.3 is 18.3 Å². The fourth-order valence-electron chi connectivity index (χ4n) is 4.79. The number of rotatable bonds is 6. The number of likely N-dealkylation sites (tertiary alicyclic amines) is 1. The summed E-state index contributed by atoms with van der Waals surface area (Å²) in [4.78, 5) is 26.3. The van der Waals surface area contributed by atoms with Gasteiger partial charge in [0.05, 0.1) is 18.5 Å². The molecular weight excluding hydrogens is 538 g/mol. The van der Waals surface area contributed by atoms with Gasteiger partial charge in [0.2, 0.25) is 5.82 Å². The van der Waals surface area contributed by atoms with Crippen LogP contribution in [0.25, 0.3) is 10.2 Å². The molecule has 0 unspecified atom stereocenters. The Labute approximate surface area is 216 Å². The normalized spacial score (nSPS) is 18.8. The van der Waals surface area contributed by atoms with Gasteiger partial charge in [-0.3, -0.25) is 9.69 Å². The number of amides is 1. The van der Waals surface area contributed by atoms with Crippen molar-refractivity contribution in [1.82, 2.24) is 34.9 Å². The molecule has 0 spiro atoms.